The van der Waals surface area contributed by atoms with Gasteiger partial charge in [0.05, 0.1) is 5.69 Å². The van der Waals surface area contributed by atoms with E-state index in [-0.39, 0.29) is 0 Å². The molecule has 6 heteroatoms. The van der Waals surface area contributed by atoms with E-state index in [1.54, 1.807) is 4.31 Å². The van der Waals surface area contributed by atoms with Crippen LogP contribution in [0.1, 0.15) is 30.9 Å². The lowest BCUT2D eigenvalue weighted by molar-refractivity contribution is 0.289. The molecule has 0 saturated carbocycles. The number of piperidine rings is 1. The fraction of sp³-hybridized carbons (Fsp3) is 0.600. The second-order valence-electron chi connectivity index (χ2n) is 6.10. The molecule has 0 unspecified atom stereocenters. The Morgan fingerprint density at radius 3 is 2.76 bits per heavy atom. The minimum atomic E-state index is -3.42. The van der Waals surface area contributed by atoms with Crippen LogP contribution in [-0.4, -0.2) is 32.4 Å². The highest BCUT2D eigenvalue weighted by atomic mass is 32.2. The van der Waals surface area contributed by atoms with E-state index < -0.39 is 10.2 Å². The summed E-state index contributed by atoms with van der Waals surface area (Å²) in [4.78, 5) is 0. The Balaban J connectivity index is 1.73. The molecule has 0 amide bonds. The Morgan fingerprint density at radius 2 is 2.00 bits per heavy atom. The number of anilines is 1. The van der Waals surface area contributed by atoms with E-state index >= 15 is 0 Å². The minimum Gasteiger partial charge on any atom is -0.312 e. The third kappa shape index (κ3) is 3.39. The van der Waals surface area contributed by atoms with Crippen molar-refractivity contribution in [3.63, 3.8) is 0 Å². The topological polar surface area (TPSA) is 61.4 Å². The van der Waals surface area contributed by atoms with Gasteiger partial charge in [-0.25, -0.2) is 0 Å². The maximum Gasteiger partial charge on any atom is 0.301 e. The number of fused-ring (bicyclic) bond motifs is 1. The SMILES string of the molecule is CC1CCN(S(=O)(=O)Nc2ccc3c(c2)CNCC3)CC1. The molecule has 2 aliphatic heterocycles. The molecule has 0 radical (unpaired) electrons. The van der Waals surface area contributed by atoms with Gasteiger partial charge in [-0.2, -0.15) is 12.7 Å². The zero-order chi connectivity index (χ0) is 14.9. The molecule has 116 valence electrons. The summed E-state index contributed by atoms with van der Waals surface area (Å²) in [5.74, 6) is 0.617. The van der Waals surface area contributed by atoms with Crippen LogP contribution in [0.3, 0.4) is 0 Å². The van der Waals surface area contributed by atoms with Crippen molar-refractivity contribution in [2.45, 2.75) is 32.7 Å². The van der Waals surface area contributed by atoms with Gasteiger partial charge in [-0.05, 0) is 55.0 Å². The van der Waals surface area contributed by atoms with Gasteiger partial charge in [0.1, 0.15) is 0 Å². The van der Waals surface area contributed by atoms with E-state index in [9.17, 15) is 8.42 Å². The van der Waals surface area contributed by atoms with E-state index in [2.05, 4.69) is 17.0 Å². The molecule has 0 aromatic heterocycles. The summed E-state index contributed by atoms with van der Waals surface area (Å²) in [5, 5.41) is 3.31. The summed E-state index contributed by atoms with van der Waals surface area (Å²) in [6.45, 7) is 5.20. The van der Waals surface area contributed by atoms with E-state index in [0.29, 0.717) is 24.7 Å². The maximum absolute atomic E-state index is 12.4. The van der Waals surface area contributed by atoms with Crippen molar-refractivity contribution in [1.29, 1.82) is 0 Å². The number of benzene rings is 1. The third-order valence-electron chi connectivity index (χ3n) is 4.42. The monoisotopic (exact) mass is 309 g/mol. The lowest BCUT2D eigenvalue weighted by Gasteiger charge is -2.29. The Bertz CT molecular complexity index is 607. The van der Waals surface area contributed by atoms with Gasteiger partial charge in [-0.15, -0.1) is 0 Å². The van der Waals surface area contributed by atoms with Crippen LogP contribution in [-0.2, 0) is 23.2 Å². The molecule has 2 heterocycles. The Labute approximate surface area is 126 Å². The van der Waals surface area contributed by atoms with Gasteiger partial charge in [0.2, 0.25) is 0 Å². The lowest BCUT2D eigenvalue weighted by Crippen LogP contribution is -2.41. The molecule has 0 bridgehead atoms. The molecule has 2 aliphatic rings. The van der Waals surface area contributed by atoms with Crippen LogP contribution < -0.4 is 10.0 Å². The van der Waals surface area contributed by atoms with Crippen molar-refractivity contribution in [2.24, 2.45) is 5.92 Å². The van der Waals surface area contributed by atoms with E-state index in [1.165, 1.54) is 11.1 Å². The zero-order valence-electron chi connectivity index (χ0n) is 12.4. The Hall–Kier alpha value is -1.11. The Morgan fingerprint density at radius 1 is 1.24 bits per heavy atom. The summed E-state index contributed by atoms with van der Waals surface area (Å²) in [6.07, 6.45) is 2.89. The van der Waals surface area contributed by atoms with Crippen LogP contribution >= 0.6 is 0 Å². The molecular formula is C15H23N3O2S. The number of hydrogen-bond acceptors (Lipinski definition) is 3. The van der Waals surface area contributed by atoms with Crippen molar-refractivity contribution in [1.82, 2.24) is 9.62 Å². The third-order valence-corrected chi connectivity index (χ3v) is 5.96. The average molecular weight is 309 g/mol. The molecule has 5 nitrogen and oxygen atoms in total. The van der Waals surface area contributed by atoms with Crippen molar-refractivity contribution < 1.29 is 8.42 Å². The molecule has 21 heavy (non-hydrogen) atoms. The van der Waals surface area contributed by atoms with Gasteiger partial charge in [-0.3, -0.25) is 4.72 Å². The first-order valence-corrected chi connectivity index (χ1v) is 9.09. The van der Waals surface area contributed by atoms with Crippen molar-refractivity contribution >= 4 is 15.9 Å². The largest absolute Gasteiger partial charge is 0.312 e. The van der Waals surface area contributed by atoms with E-state index in [4.69, 9.17) is 0 Å². The maximum atomic E-state index is 12.4. The molecule has 1 fully saturated rings. The van der Waals surface area contributed by atoms with Crippen molar-refractivity contribution in [2.75, 3.05) is 24.4 Å². The average Bonchev–Trinajstić information content (AvgIpc) is 2.47. The summed E-state index contributed by atoms with van der Waals surface area (Å²) in [6, 6.07) is 5.85. The predicted molar refractivity (Wildman–Crippen MR) is 84.4 cm³/mol. The van der Waals surface area contributed by atoms with Crippen LogP contribution in [0.2, 0.25) is 0 Å². The van der Waals surface area contributed by atoms with Crippen molar-refractivity contribution in [3.8, 4) is 0 Å². The molecule has 1 aromatic rings. The molecule has 1 aromatic carbocycles. The number of hydrogen-bond donors (Lipinski definition) is 2. The van der Waals surface area contributed by atoms with Gasteiger partial charge in [0, 0.05) is 19.6 Å². The second kappa shape index (κ2) is 5.94. The first-order chi connectivity index (χ1) is 10.0. The summed E-state index contributed by atoms with van der Waals surface area (Å²) in [5.41, 5.74) is 3.16. The van der Waals surface area contributed by atoms with Gasteiger partial charge in [0.25, 0.3) is 0 Å². The van der Waals surface area contributed by atoms with E-state index in [0.717, 1.165) is 32.4 Å². The molecule has 0 aliphatic carbocycles. The lowest BCUT2D eigenvalue weighted by atomic mass is 10.0. The van der Waals surface area contributed by atoms with Crippen molar-refractivity contribution in [3.05, 3.63) is 29.3 Å². The molecule has 3 rings (SSSR count). The van der Waals surface area contributed by atoms with Crippen LogP contribution in [0.25, 0.3) is 0 Å². The first kappa shape index (κ1) is 14.8. The fourth-order valence-corrected chi connectivity index (χ4v) is 4.23. The van der Waals surface area contributed by atoms with Crippen LogP contribution in [0.4, 0.5) is 5.69 Å². The highest BCUT2D eigenvalue weighted by Gasteiger charge is 2.26. The summed E-state index contributed by atoms with van der Waals surface area (Å²) >= 11 is 0. The number of rotatable bonds is 3. The standard InChI is InChI=1S/C15H23N3O2S/c1-12-5-8-18(9-6-12)21(19,20)17-15-3-2-13-4-7-16-11-14(13)10-15/h2-3,10,12,16-17H,4-9,11H2,1H3. The zero-order valence-corrected chi connectivity index (χ0v) is 13.2. The molecule has 0 spiro atoms. The quantitative estimate of drug-likeness (QED) is 0.894. The Kier molecular flexibility index (Phi) is 4.19. The second-order valence-corrected chi connectivity index (χ2v) is 7.77. The number of nitrogens with zero attached hydrogens (tertiary/aromatic N) is 1. The molecule has 2 N–H and O–H groups in total. The normalized spacial score (nSPS) is 21.0. The smallest absolute Gasteiger partial charge is 0.301 e. The minimum absolute atomic E-state index is 0.614. The first-order valence-electron chi connectivity index (χ1n) is 7.65. The number of nitrogens with one attached hydrogen (secondary N) is 2. The van der Waals surface area contributed by atoms with Gasteiger partial charge >= 0.3 is 10.2 Å². The molecule has 0 atom stereocenters. The highest BCUT2D eigenvalue weighted by Crippen LogP contribution is 2.23. The summed E-state index contributed by atoms with van der Waals surface area (Å²) in [7, 11) is -3.42. The van der Waals surface area contributed by atoms with Gasteiger partial charge in [0.15, 0.2) is 0 Å². The van der Waals surface area contributed by atoms with Gasteiger partial charge < -0.3 is 5.32 Å². The molecular weight excluding hydrogens is 286 g/mol. The van der Waals surface area contributed by atoms with Crippen LogP contribution in [0.15, 0.2) is 18.2 Å². The molecule has 1 saturated heterocycles. The van der Waals surface area contributed by atoms with E-state index in [1.807, 2.05) is 18.2 Å². The highest BCUT2D eigenvalue weighted by molar-refractivity contribution is 7.90. The van der Waals surface area contributed by atoms with Gasteiger partial charge in [-0.1, -0.05) is 13.0 Å². The van der Waals surface area contributed by atoms with Crippen LogP contribution in [0.5, 0.6) is 0 Å². The van der Waals surface area contributed by atoms with Crippen LogP contribution in [0, 0.1) is 5.92 Å². The fourth-order valence-electron chi connectivity index (χ4n) is 2.98. The summed E-state index contributed by atoms with van der Waals surface area (Å²) < 4.78 is 29.1. The predicted octanol–water partition coefficient (Wildman–Crippen LogP) is 1.72.